The van der Waals surface area contributed by atoms with Crippen LogP contribution in [-0.2, 0) is 4.57 Å². The molecule has 0 aliphatic carbocycles. The molecule has 0 amide bonds. The van der Waals surface area contributed by atoms with Crippen molar-refractivity contribution in [3.05, 3.63) is 12.8 Å². The van der Waals surface area contributed by atoms with Gasteiger partial charge in [0.05, 0.1) is 0 Å². The van der Waals surface area contributed by atoms with Gasteiger partial charge in [0, 0.05) is 14.1 Å². The average molecular weight is 224 g/mol. The second-order valence-electron chi connectivity index (χ2n) is 1.54. The van der Waals surface area contributed by atoms with Crippen LogP contribution >= 0.6 is 38.9 Å². The van der Waals surface area contributed by atoms with Crippen LogP contribution in [0.5, 0.6) is 0 Å². The number of hydrogen-bond donors (Lipinski definition) is 0. The molecule has 0 bridgehead atoms. The first-order valence-corrected chi connectivity index (χ1v) is 6.67. The minimum Gasteiger partial charge on any atom is -0.384 e. The maximum atomic E-state index is 9.51. The third-order valence-electron chi connectivity index (χ3n) is 0.365. The Labute approximate surface area is 75.5 Å². The second kappa shape index (κ2) is 6.36. The highest BCUT2D eigenvalue weighted by Gasteiger charge is 2.02. The summed E-state index contributed by atoms with van der Waals surface area (Å²) in [6.07, 6.45) is 1.75. The normalized spacial score (nSPS) is 9.30. The second-order valence-corrected chi connectivity index (χ2v) is 8.18. The van der Waals surface area contributed by atoms with E-state index in [9.17, 15) is 4.57 Å². The fraction of sp³-hybridized carbons (Fsp3) is 0.500. The van der Waals surface area contributed by atoms with Crippen LogP contribution in [-0.4, -0.2) is 19.0 Å². The van der Waals surface area contributed by atoms with Gasteiger partial charge in [0.2, 0.25) is 0 Å². The molecule has 0 aromatic carbocycles. The lowest BCUT2D eigenvalue weighted by molar-refractivity contribution is 0.566. The molecule has 0 aliphatic heterocycles. The molecule has 0 unspecified atom stereocenters. The van der Waals surface area contributed by atoms with Crippen molar-refractivity contribution < 1.29 is 4.57 Å². The summed E-state index contributed by atoms with van der Waals surface area (Å²) >= 11 is 13.8. The summed E-state index contributed by atoms with van der Waals surface area (Å²) in [5.41, 5.74) is 0. The lowest BCUT2D eigenvalue weighted by atomic mass is 10.9. The summed E-state index contributed by atoms with van der Waals surface area (Å²) in [6.45, 7) is 3.49. The minimum atomic E-state index is -3.22. The highest BCUT2D eigenvalue weighted by Crippen LogP contribution is 2.61. The van der Waals surface area contributed by atoms with E-state index in [0.29, 0.717) is 0 Å². The fourth-order valence-corrected chi connectivity index (χ4v) is 0. The van der Waals surface area contributed by atoms with E-state index in [1.165, 1.54) is 0 Å². The van der Waals surface area contributed by atoms with Crippen LogP contribution < -0.4 is 0 Å². The fourth-order valence-electron chi connectivity index (χ4n) is 0. The lowest BCUT2D eigenvalue weighted by Gasteiger charge is -1.98. The van der Waals surface area contributed by atoms with Gasteiger partial charge in [-0.2, -0.15) is 0 Å². The van der Waals surface area contributed by atoms with Crippen molar-refractivity contribution >= 4 is 38.9 Å². The van der Waals surface area contributed by atoms with Gasteiger partial charge in [-0.3, -0.25) is 4.57 Å². The smallest absolute Gasteiger partial charge is 0.339 e. The summed E-state index contributed by atoms with van der Waals surface area (Å²) in [7, 11) is 3.88. The molecule has 0 rings (SSSR count). The molecule has 0 aromatic rings. The van der Waals surface area contributed by atoms with Gasteiger partial charge in [0.15, 0.2) is 0 Å². The van der Waals surface area contributed by atoms with Gasteiger partial charge in [0.1, 0.15) is 0 Å². The van der Waals surface area contributed by atoms with Crippen molar-refractivity contribution in [3.8, 4) is 0 Å². The van der Waals surface area contributed by atoms with E-state index in [0.717, 1.165) is 0 Å². The Morgan fingerprint density at radius 1 is 1.40 bits per heavy atom. The van der Waals surface area contributed by atoms with Crippen molar-refractivity contribution in [2.75, 3.05) is 14.1 Å². The molecule has 0 N–H and O–H groups in total. The monoisotopic (exact) mass is 223 g/mol. The van der Waals surface area contributed by atoms with E-state index in [-0.39, 0.29) is 0 Å². The van der Waals surface area contributed by atoms with Gasteiger partial charge < -0.3 is 4.90 Å². The number of rotatable bonds is 1. The highest BCUT2D eigenvalue weighted by molar-refractivity contribution is 8.24. The molecule has 0 atom stereocenters. The Morgan fingerprint density at radius 3 is 1.50 bits per heavy atom. The highest BCUT2D eigenvalue weighted by atomic mass is 36.0. The van der Waals surface area contributed by atoms with Gasteiger partial charge in [0.25, 0.3) is 0 Å². The SMILES string of the molecule is C=CN(C)C.O=P(Cl)(Cl)Cl. The lowest BCUT2D eigenvalue weighted by Crippen LogP contribution is -1.97. The Morgan fingerprint density at radius 2 is 1.50 bits per heavy atom. The van der Waals surface area contributed by atoms with Gasteiger partial charge in [-0.05, 0) is 39.9 Å². The zero-order valence-electron chi connectivity index (χ0n) is 5.72. The van der Waals surface area contributed by atoms with Crippen molar-refractivity contribution in [2.45, 2.75) is 0 Å². The summed E-state index contributed by atoms with van der Waals surface area (Å²) in [5, 5.41) is -3.22. The largest absolute Gasteiger partial charge is 0.384 e. The molecule has 0 saturated carbocycles. The third kappa shape index (κ3) is 72.4. The third-order valence-corrected chi connectivity index (χ3v) is 0.365. The first-order valence-electron chi connectivity index (χ1n) is 2.25. The van der Waals surface area contributed by atoms with Crippen LogP contribution in [0.1, 0.15) is 0 Å². The summed E-state index contributed by atoms with van der Waals surface area (Å²) in [6, 6.07) is 0. The van der Waals surface area contributed by atoms with Crippen LogP contribution in [0.4, 0.5) is 0 Å². The molecule has 10 heavy (non-hydrogen) atoms. The Hall–Kier alpha value is 0.640. The minimum absolute atomic E-state index is 1.75. The van der Waals surface area contributed by atoms with E-state index in [1.54, 1.807) is 6.20 Å². The van der Waals surface area contributed by atoms with E-state index in [1.807, 2.05) is 19.0 Å². The van der Waals surface area contributed by atoms with Crippen LogP contribution in [0, 0.1) is 0 Å². The zero-order chi connectivity index (χ0) is 8.78. The molecule has 2 nitrogen and oxygen atoms in total. The Kier molecular flexibility index (Phi) is 8.42. The maximum absolute atomic E-state index is 9.51. The van der Waals surface area contributed by atoms with Crippen LogP contribution in [0.3, 0.4) is 0 Å². The van der Waals surface area contributed by atoms with Crippen molar-refractivity contribution in [1.29, 1.82) is 0 Å². The molecular formula is C4H9Cl3NOP. The van der Waals surface area contributed by atoms with E-state index in [4.69, 9.17) is 0 Å². The maximum Gasteiger partial charge on any atom is 0.339 e. The van der Waals surface area contributed by atoms with Gasteiger partial charge >= 0.3 is 5.20 Å². The predicted octanol–water partition coefficient (Wildman–Crippen LogP) is 3.50. The Balaban J connectivity index is 0. The number of hydrogen-bond acceptors (Lipinski definition) is 2. The van der Waals surface area contributed by atoms with E-state index >= 15 is 0 Å². The summed E-state index contributed by atoms with van der Waals surface area (Å²) in [4.78, 5) is 1.89. The quantitative estimate of drug-likeness (QED) is 0.635. The number of nitrogens with zero attached hydrogens (tertiary/aromatic N) is 1. The molecule has 62 valence electrons. The molecule has 0 spiro atoms. The Bertz CT molecular complexity index is 124. The van der Waals surface area contributed by atoms with Crippen LogP contribution in [0.25, 0.3) is 0 Å². The zero-order valence-corrected chi connectivity index (χ0v) is 8.88. The molecular weight excluding hydrogens is 215 g/mol. The van der Waals surface area contributed by atoms with Crippen molar-refractivity contribution in [1.82, 2.24) is 4.90 Å². The summed E-state index contributed by atoms with van der Waals surface area (Å²) < 4.78 is 9.51. The molecule has 0 aromatic heterocycles. The van der Waals surface area contributed by atoms with Crippen molar-refractivity contribution in [3.63, 3.8) is 0 Å². The van der Waals surface area contributed by atoms with Crippen LogP contribution in [0.2, 0.25) is 0 Å². The molecule has 6 heteroatoms. The van der Waals surface area contributed by atoms with E-state index in [2.05, 4.69) is 40.3 Å². The predicted molar refractivity (Wildman–Crippen MR) is 49.0 cm³/mol. The van der Waals surface area contributed by atoms with Gasteiger partial charge in [-0.1, -0.05) is 6.58 Å². The first kappa shape index (κ1) is 13.2. The topological polar surface area (TPSA) is 20.3 Å². The molecule has 0 radical (unpaired) electrons. The summed E-state index contributed by atoms with van der Waals surface area (Å²) in [5.74, 6) is 0. The standard InChI is InChI=1S/C4H9N.Cl3OP/c1-4-5(2)3;1-5(2,3)4/h4H,1H2,2-3H3;. The molecule has 0 saturated heterocycles. The van der Waals surface area contributed by atoms with Crippen molar-refractivity contribution in [2.24, 2.45) is 0 Å². The van der Waals surface area contributed by atoms with Gasteiger partial charge in [-0.15, -0.1) is 0 Å². The van der Waals surface area contributed by atoms with Crippen LogP contribution in [0.15, 0.2) is 12.8 Å². The molecule has 0 fully saturated rings. The van der Waals surface area contributed by atoms with E-state index < -0.39 is 5.20 Å². The average Bonchev–Trinajstić information content (AvgIpc) is 1.61. The molecule has 0 aliphatic rings. The number of halogens is 3. The first-order chi connectivity index (χ1) is 4.27. The molecule has 0 heterocycles. The van der Waals surface area contributed by atoms with Gasteiger partial charge in [-0.25, -0.2) is 0 Å².